The molecule has 136 valence electrons. The molecule has 26 heavy (non-hydrogen) atoms. The summed E-state index contributed by atoms with van der Waals surface area (Å²) in [5, 5.41) is 20.0. The Morgan fingerprint density at radius 3 is 1.54 bits per heavy atom. The molecule has 0 spiro atoms. The Kier molecular flexibility index (Phi) is 4.06. The zero-order chi connectivity index (χ0) is 18.1. The maximum Gasteiger partial charge on any atom is 0.128 e. The van der Waals surface area contributed by atoms with Crippen LogP contribution in [0.1, 0.15) is 49.7 Å². The second-order valence-corrected chi connectivity index (χ2v) is 11.2. The van der Waals surface area contributed by atoms with Gasteiger partial charge in [0.25, 0.3) is 0 Å². The van der Waals surface area contributed by atoms with Gasteiger partial charge in [0.15, 0.2) is 0 Å². The lowest BCUT2D eigenvalue weighted by Crippen LogP contribution is -2.55. The topological polar surface area (TPSA) is 40.5 Å². The van der Waals surface area contributed by atoms with Crippen molar-refractivity contribution in [1.82, 2.24) is 0 Å². The minimum absolute atomic E-state index is 0.251. The van der Waals surface area contributed by atoms with Crippen LogP contribution < -0.4 is 0 Å². The van der Waals surface area contributed by atoms with Crippen molar-refractivity contribution in [3.8, 4) is 11.5 Å². The molecule has 6 rings (SSSR count). The summed E-state index contributed by atoms with van der Waals surface area (Å²) in [5.74, 6) is 2.38. The van der Waals surface area contributed by atoms with Gasteiger partial charge in [0.1, 0.15) is 11.5 Å². The standard InChI is InChI=1S/C22H22I2O2/c23-17-6-15(1-3-19(17)25)21-8-13-5-14(9-21)11-22(10-13,12-21)16-2-4-20(26)18(24)7-16/h1-4,6-7,13-14,25-26H,5,8-12H2. The summed E-state index contributed by atoms with van der Waals surface area (Å²) < 4.78 is 1.92. The first-order chi connectivity index (χ1) is 12.4. The van der Waals surface area contributed by atoms with Gasteiger partial charge in [0.2, 0.25) is 0 Å². The molecule has 0 unspecified atom stereocenters. The van der Waals surface area contributed by atoms with Crippen LogP contribution in [0.3, 0.4) is 0 Å². The van der Waals surface area contributed by atoms with Crippen LogP contribution in [-0.2, 0) is 10.8 Å². The SMILES string of the molecule is Oc1ccc(C23CC4CC(C2)CC(c2ccc(O)c(I)c2)(C4)C3)cc1I. The number of phenols is 2. The molecule has 0 heterocycles. The largest absolute Gasteiger partial charge is 0.507 e. The first-order valence-corrected chi connectivity index (χ1v) is 11.5. The molecule has 4 bridgehead atoms. The summed E-state index contributed by atoms with van der Waals surface area (Å²) in [5.41, 5.74) is 3.35. The Labute approximate surface area is 181 Å². The molecular formula is C22H22I2O2. The number of halogens is 2. The van der Waals surface area contributed by atoms with E-state index in [9.17, 15) is 10.2 Å². The summed E-state index contributed by atoms with van der Waals surface area (Å²) in [6.45, 7) is 0. The number of rotatable bonds is 2. The molecule has 4 aliphatic carbocycles. The lowest BCUT2D eigenvalue weighted by molar-refractivity contribution is -0.0282. The molecule has 0 amide bonds. The van der Waals surface area contributed by atoms with E-state index in [2.05, 4.69) is 69.4 Å². The fourth-order valence-corrected chi connectivity index (χ4v) is 7.64. The van der Waals surface area contributed by atoms with Gasteiger partial charge in [-0.3, -0.25) is 0 Å². The normalized spacial score (nSPS) is 35.0. The minimum Gasteiger partial charge on any atom is -0.507 e. The highest BCUT2D eigenvalue weighted by atomic mass is 127. The predicted molar refractivity (Wildman–Crippen MR) is 120 cm³/mol. The van der Waals surface area contributed by atoms with Crippen molar-refractivity contribution >= 4 is 45.2 Å². The van der Waals surface area contributed by atoms with E-state index in [4.69, 9.17) is 0 Å². The van der Waals surface area contributed by atoms with Gasteiger partial charge in [-0.05, 0) is 142 Å². The van der Waals surface area contributed by atoms with Gasteiger partial charge in [-0.25, -0.2) is 0 Å². The molecule has 0 atom stereocenters. The Morgan fingerprint density at radius 2 is 1.15 bits per heavy atom. The first-order valence-electron chi connectivity index (χ1n) is 9.37. The maximum atomic E-state index is 9.98. The lowest BCUT2D eigenvalue weighted by Gasteiger charge is -2.63. The van der Waals surface area contributed by atoms with Crippen LogP contribution in [0.15, 0.2) is 36.4 Å². The summed E-state index contributed by atoms with van der Waals surface area (Å²) >= 11 is 4.51. The Hall–Kier alpha value is -0.500. The van der Waals surface area contributed by atoms with E-state index in [0.29, 0.717) is 11.5 Å². The summed E-state index contributed by atoms with van der Waals surface area (Å²) in [4.78, 5) is 0. The molecule has 0 saturated heterocycles. The quantitative estimate of drug-likeness (QED) is 0.428. The fourth-order valence-electron chi connectivity index (χ4n) is 6.61. The van der Waals surface area contributed by atoms with Crippen LogP contribution in [0.5, 0.6) is 11.5 Å². The molecule has 0 radical (unpaired) electrons. The van der Waals surface area contributed by atoms with Crippen molar-refractivity contribution < 1.29 is 10.2 Å². The third-order valence-corrected chi connectivity index (χ3v) is 8.91. The fraction of sp³-hybridized carbons (Fsp3) is 0.455. The molecule has 2 aromatic carbocycles. The first kappa shape index (κ1) is 17.6. The van der Waals surface area contributed by atoms with Gasteiger partial charge in [-0.15, -0.1) is 0 Å². The number of phenolic OH excluding ortho intramolecular Hbond substituents is 2. The van der Waals surface area contributed by atoms with Crippen LogP contribution in [-0.4, -0.2) is 10.2 Å². The molecule has 0 aromatic heterocycles. The molecule has 4 heteroatoms. The average Bonchev–Trinajstić information content (AvgIpc) is 2.58. The number of benzene rings is 2. The Bertz CT molecular complexity index is 808. The van der Waals surface area contributed by atoms with Gasteiger partial charge in [-0.1, -0.05) is 12.1 Å². The molecule has 2 aromatic rings. The zero-order valence-electron chi connectivity index (χ0n) is 14.5. The molecular weight excluding hydrogens is 550 g/mol. The number of aromatic hydroxyl groups is 2. The van der Waals surface area contributed by atoms with Gasteiger partial charge < -0.3 is 10.2 Å². The maximum absolute atomic E-state index is 9.98. The van der Waals surface area contributed by atoms with Crippen LogP contribution in [0.25, 0.3) is 0 Å². The number of hydrogen-bond acceptors (Lipinski definition) is 2. The average molecular weight is 572 g/mol. The molecule has 2 nitrogen and oxygen atoms in total. The molecule has 4 saturated carbocycles. The van der Waals surface area contributed by atoms with Crippen LogP contribution >= 0.6 is 45.2 Å². The van der Waals surface area contributed by atoms with E-state index < -0.39 is 0 Å². The van der Waals surface area contributed by atoms with Gasteiger partial charge in [-0.2, -0.15) is 0 Å². The highest BCUT2D eigenvalue weighted by Gasteiger charge is 2.58. The van der Waals surface area contributed by atoms with Gasteiger partial charge >= 0.3 is 0 Å². The third kappa shape index (κ3) is 2.61. The zero-order valence-corrected chi connectivity index (χ0v) is 18.8. The Balaban J connectivity index is 1.61. The van der Waals surface area contributed by atoms with Crippen molar-refractivity contribution in [3.05, 3.63) is 54.7 Å². The van der Waals surface area contributed by atoms with E-state index in [-0.39, 0.29) is 10.8 Å². The summed E-state index contributed by atoms with van der Waals surface area (Å²) in [6, 6.07) is 12.5. The van der Waals surface area contributed by atoms with Gasteiger partial charge in [0.05, 0.1) is 7.14 Å². The van der Waals surface area contributed by atoms with E-state index in [1.165, 1.54) is 49.7 Å². The van der Waals surface area contributed by atoms with Gasteiger partial charge in [0, 0.05) is 0 Å². The van der Waals surface area contributed by atoms with E-state index >= 15 is 0 Å². The number of hydrogen-bond donors (Lipinski definition) is 2. The van der Waals surface area contributed by atoms with Crippen LogP contribution in [0, 0.1) is 19.0 Å². The van der Waals surface area contributed by atoms with Crippen molar-refractivity contribution in [2.24, 2.45) is 11.8 Å². The van der Waals surface area contributed by atoms with Crippen molar-refractivity contribution in [3.63, 3.8) is 0 Å². The summed E-state index contributed by atoms with van der Waals surface area (Å²) in [7, 11) is 0. The van der Waals surface area contributed by atoms with Crippen molar-refractivity contribution in [2.45, 2.75) is 49.4 Å². The minimum atomic E-state index is 0.251. The van der Waals surface area contributed by atoms with E-state index in [1.807, 2.05) is 12.1 Å². The third-order valence-electron chi connectivity index (χ3n) is 7.18. The highest BCUT2D eigenvalue weighted by molar-refractivity contribution is 14.1. The smallest absolute Gasteiger partial charge is 0.128 e. The molecule has 2 N–H and O–H groups in total. The Morgan fingerprint density at radius 1 is 0.731 bits per heavy atom. The molecule has 4 aliphatic rings. The highest BCUT2D eigenvalue weighted by Crippen LogP contribution is 2.66. The predicted octanol–water partition coefficient (Wildman–Crippen LogP) is 6.10. The van der Waals surface area contributed by atoms with Crippen molar-refractivity contribution in [2.75, 3.05) is 0 Å². The molecule has 0 aliphatic heterocycles. The lowest BCUT2D eigenvalue weighted by atomic mass is 9.42. The second kappa shape index (κ2) is 6.00. The monoisotopic (exact) mass is 572 g/mol. The van der Waals surface area contributed by atoms with E-state index in [1.54, 1.807) is 0 Å². The summed E-state index contributed by atoms with van der Waals surface area (Å²) in [6.07, 6.45) is 7.76. The molecule has 4 fully saturated rings. The van der Waals surface area contributed by atoms with Crippen LogP contribution in [0.4, 0.5) is 0 Å². The van der Waals surface area contributed by atoms with Crippen molar-refractivity contribution in [1.29, 1.82) is 0 Å². The second-order valence-electron chi connectivity index (χ2n) is 8.85. The van der Waals surface area contributed by atoms with E-state index in [0.717, 1.165) is 19.0 Å². The van der Waals surface area contributed by atoms with Crippen LogP contribution in [0.2, 0.25) is 0 Å².